The lowest BCUT2D eigenvalue weighted by atomic mass is 9.80. The number of fused-ring (bicyclic) bond motifs is 2. The van der Waals surface area contributed by atoms with E-state index in [1.54, 1.807) is 6.33 Å². The lowest BCUT2D eigenvalue weighted by molar-refractivity contribution is -0.135. The molecule has 1 amide bonds. The number of nitrogens with zero attached hydrogens (tertiary/aromatic N) is 3. The van der Waals surface area contributed by atoms with E-state index in [0.717, 1.165) is 34.4 Å². The highest BCUT2D eigenvalue weighted by molar-refractivity contribution is 5.80. The van der Waals surface area contributed by atoms with Crippen molar-refractivity contribution in [2.24, 2.45) is 5.92 Å². The third-order valence-corrected chi connectivity index (χ3v) is 5.79. The SMILES string of the molecule is O=C(CC1CC(F)C1)N1CCc2[nH]cnc2[C@@H]1c1ccc2ccccc2n1. The quantitative estimate of drug-likeness (QED) is 0.773. The molecule has 3 heterocycles. The Balaban J connectivity index is 1.51. The van der Waals surface area contributed by atoms with Crippen LogP contribution >= 0.6 is 0 Å². The number of pyridine rings is 1. The van der Waals surface area contributed by atoms with Crippen LogP contribution in [0.1, 0.15) is 42.4 Å². The summed E-state index contributed by atoms with van der Waals surface area (Å²) < 4.78 is 13.2. The van der Waals surface area contributed by atoms with E-state index < -0.39 is 6.17 Å². The molecule has 1 aromatic carbocycles. The number of imidazole rings is 1. The molecule has 3 aromatic rings. The van der Waals surface area contributed by atoms with Crippen LogP contribution in [0.5, 0.6) is 0 Å². The molecular formula is C21H21FN4O. The molecule has 27 heavy (non-hydrogen) atoms. The number of hydrogen-bond acceptors (Lipinski definition) is 3. The van der Waals surface area contributed by atoms with Crippen LogP contribution < -0.4 is 0 Å². The zero-order valence-corrected chi connectivity index (χ0v) is 14.9. The number of carbonyl (C=O) groups excluding carboxylic acids is 1. The van der Waals surface area contributed by atoms with Gasteiger partial charge < -0.3 is 9.88 Å². The normalized spacial score (nSPS) is 24.5. The predicted octanol–water partition coefficient (Wildman–Crippen LogP) is 3.57. The van der Waals surface area contributed by atoms with E-state index in [2.05, 4.69) is 9.97 Å². The van der Waals surface area contributed by atoms with E-state index in [1.807, 2.05) is 41.3 Å². The van der Waals surface area contributed by atoms with Gasteiger partial charge in [0.15, 0.2) is 0 Å². The van der Waals surface area contributed by atoms with Crippen molar-refractivity contribution < 1.29 is 9.18 Å². The van der Waals surface area contributed by atoms with Gasteiger partial charge in [0, 0.05) is 30.5 Å². The van der Waals surface area contributed by atoms with Gasteiger partial charge in [0.05, 0.1) is 23.2 Å². The molecule has 6 heteroatoms. The maximum Gasteiger partial charge on any atom is 0.223 e. The van der Waals surface area contributed by atoms with Crippen LogP contribution in [-0.4, -0.2) is 38.5 Å². The van der Waals surface area contributed by atoms with Crippen LogP contribution in [0.15, 0.2) is 42.7 Å². The monoisotopic (exact) mass is 364 g/mol. The summed E-state index contributed by atoms with van der Waals surface area (Å²) in [5.74, 6) is 0.235. The third kappa shape index (κ3) is 2.89. The number of carbonyl (C=O) groups is 1. The van der Waals surface area contributed by atoms with E-state index in [9.17, 15) is 9.18 Å². The minimum absolute atomic E-state index is 0.0699. The molecule has 0 radical (unpaired) electrons. The summed E-state index contributed by atoms with van der Waals surface area (Å²) in [7, 11) is 0. The molecule has 0 spiro atoms. The van der Waals surface area contributed by atoms with Crippen LogP contribution in [0, 0.1) is 5.92 Å². The second-order valence-corrected chi connectivity index (χ2v) is 7.57. The Kier molecular flexibility index (Phi) is 3.92. The number of para-hydroxylation sites is 1. The van der Waals surface area contributed by atoms with Gasteiger partial charge in [-0.15, -0.1) is 0 Å². The Labute approximate surface area is 156 Å². The molecule has 1 N–H and O–H groups in total. The summed E-state index contributed by atoms with van der Waals surface area (Å²) in [5.41, 5.74) is 3.66. The van der Waals surface area contributed by atoms with E-state index in [1.165, 1.54) is 0 Å². The summed E-state index contributed by atoms with van der Waals surface area (Å²) in [6.45, 7) is 0.624. The smallest absolute Gasteiger partial charge is 0.223 e. The first-order valence-corrected chi connectivity index (χ1v) is 9.50. The van der Waals surface area contributed by atoms with Gasteiger partial charge in [-0.1, -0.05) is 24.3 Å². The molecule has 0 unspecified atom stereocenters. The van der Waals surface area contributed by atoms with Crippen molar-refractivity contribution >= 4 is 16.8 Å². The second kappa shape index (κ2) is 6.44. The van der Waals surface area contributed by atoms with Crippen LogP contribution in [0.2, 0.25) is 0 Å². The second-order valence-electron chi connectivity index (χ2n) is 7.57. The van der Waals surface area contributed by atoms with Gasteiger partial charge in [0.2, 0.25) is 5.91 Å². The highest BCUT2D eigenvalue weighted by Gasteiger charge is 2.38. The first-order valence-electron chi connectivity index (χ1n) is 9.50. The Bertz CT molecular complexity index is 995. The first-order chi connectivity index (χ1) is 13.2. The van der Waals surface area contributed by atoms with Gasteiger partial charge in [-0.3, -0.25) is 9.78 Å². The van der Waals surface area contributed by atoms with Gasteiger partial charge in [-0.25, -0.2) is 9.37 Å². The fraction of sp³-hybridized carbons (Fsp3) is 0.381. The number of hydrogen-bond donors (Lipinski definition) is 1. The number of H-pyrrole nitrogens is 1. The van der Waals surface area contributed by atoms with Crippen molar-refractivity contribution in [2.75, 3.05) is 6.54 Å². The van der Waals surface area contributed by atoms with Gasteiger partial charge in [-0.2, -0.15) is 0 Å². The fourth-order valence-corrected chi connectivity index (χ4v) is 4.26. The zero-order valence-electron chi connectivity index (χ0n) is 14.9. The fourth-order valence-electron chi connectivity index (χ4n) is 4.26. The number of alkyl halides is 1. The molecule has 5 nitrogen and oxygen atoms in total. The van der Waals surface area contributed by atoms with Gasteiger partial charge >= 0.3 is 0 Å². The summed E-state index contributed by atoms with van der Waals surface area (Å²) in [5, 5.41) is 1.07. The molecule has 138 valence electrons. The van der Waals surface area contributed by atoms with E-state index >= 15 is 0 Å². The average molecular weight is 364 g/mol. The summed E-state index contributed by atoms with van der Waals surface area (Å²) in [6.07, 6.45) is 3.12. The maximum absolute atomic E-state index is 13.2. The largest absolute Gasteiger partial charge is 0.348 e. The first kappa shape index (κ1) is 16.4. The molecule has 1 aliphatic heterocycles. The van der Waals surface area contributed by atoms with Gasteiger partial charge in [-0.05, 0) is 30.9 Å². The lowest BCUT2D eigenvalue weighted by Gasteiger charge is -2.37. The van der Waals surface area contributed by atoms with Crippen molar-refractivity contribution in [2.45, 2.75) is 37.9 Å². The Hall–Kier alpha value is -2.76. The van der Waals surface area contributed by atoms with Crippen molar-refractivity contribution in [1.82, 2.24) is 19.9 Å². The molecule has 5 rings (SSSR count). The average Bonchev–Trinajstić information content (AvgIpc) is 3.14. The Morgan fingerprint density at radius 3 is 2.93 bits per heavy atom. The number of aromatic nitrogens is 3. The molecular weight excluding hydrogens is 343 g/mol. The minimum atomic E-state index is -0.736. The third-order valence-electron chi connectivity index (χ3n) is 5.79. The van der Waals surface area contributed by atoms with Crippen molar-refractivity contribution in [3.8, 4) is 0 Å². The van der Waals surface area contributed by atoms with Crippen molar-refractivity contribution in [1.29, 1.82) is 0 Å². The molecule has 1 saturated carbocycles. The molecule has 1 fully saturated rings. The predicted molar refractivity (Wildman–Crippen MR) is 99.8 cm³/mol. The van der Waals surface area contributed by atoms with E-state index in [0.29, 0.717) is 25.8 Å². The highest BCUT2D eigenvalue weighted by Crippen LogP contribution is 2.37. The molecule has 1 atom stereocenters. The maximum atomic E-state index is 13.2. The molecule has 0 saturated heterocycles. The summed E-state index contributed by atoms with van der Waals surface area (Å²) in [4.78, 5) is 27.4. The molecule has 1 aliphatic carbocycles. The van der Waals surface area contributed by atoms with Crippen LogP contribution in [-0.2, 0) is 11.2 Å². The highest BCUT2D eigenvalue weighted by atomic mass is 19.1. The van der Waals surface area contributed by atoms with E-state index in [-0.39, 0.29) is 17.9 Å². The van der Waals surface area contributed by atoms with Gasteiger partial charge in [0.25, 0.3) is 0 Å². The number of benzene rings is 1. The van der Waals surface area contributed by atoms with Crippen molar-refractivity contribution in [3.05, 3.63) is 59.8 Å². The molecule has 2 aliphatic rings. The molecule has 0 bridgehead atoms. The number of rotatable bonds is 3. The van der Waals surface area contributed by atoms with E-state index in [4.69, 9.17) is 4.98 Å². The van der Waals surface area contributed by atoms with Crippen LogP contribution in [0.25, 0.3) is 10.9 Å². The standard InChI is InChI=1S/C21H21FN4O/c22-15-9-13(10-15)11-19(27)26-8-7-17-20(24-12-23-17)21(26)18-6-5-14-3-1-2-4-16(14)25-18/h1-6,12-13,15,21H,7-11H2,(H,23,24)/t13?,15?,21-/m0/s1. The Morgan fingerprint density at radius 1 is 1.22 bits per heavy atom. The number of aromatic amines is 1. The van der Waals surface area contributed by atoms with Gasteiger partial charge in [0.1, 0.15) is 12.2 Å². The topological polar surface area (TPSA) is 61.9 Å². The lowest BCUT2D eigenvalue weighted by Crippen LogP contribution is -2.43. The summed E-state index contributed by atoms with van der Waals surface area (Å²) in [6, 6.07) is 11.7. The molecule has 2 aromatic heterocycles. The zero-order chi connectivity index (χ0) is 18.4. The minimum Gasteiger partial charge on any atom is -0.348 e. The van der Waals surface area contributed by atoms with Crippen LogP contribution in [0.4, 0.5) is 4.39 Å². The number of halogens is 1. The Morgan fingerprint density at radius 2 is 2.07 bits per heavy atom. The van der Waals surface area contributed by atoms with Crippen molar-refractivity contribution in [3.63, 3.8) is 0 Å². The summed E-state index contributed by atoms with van der Waals surface area (Å²) >= 11 is 0. The van der Waals surface area contributed by atoms with Crippen LogP contribution in [0.3, 0.4) is 0 Å². The number of amides is 1. The number of nitrogens with one attached hydrogen (secondary N) is 1.